The van der Waals surface area contributed by atoms with E-state index < -0.39 is 5.95 Å². The Morgan fingerprint density at radius 3 is 3.00 bits per heavy atom. The first kappa shape index (κ1) is 9.40. The molecule has 66 valence electrons. The molecule has 0 fully saturated rings. The second kappa shape index (κ2) is 4.36. The lowest BCUT2D eigenvalue weighted by Gasteiger charge is -1.97. The van der Waals surface area contributed by atoms with Gasteiger partial charge in [0.1, 0.15) is 0 Å². The Balaban J connectivity index is 2.85. The molecule has 0 saturated carbocycles. The van der Waals surface area contributed by atoms with Gasteiger partial charge in [-0.25, -0.2) is 4.98 Å². The number of aryl methyl sites for hydroxylation is 1. The van der Waals surface area contributed by atoms with E-state index in [-0.39, 0.29) is 0 Å². The Labute approximate surface area is 76.3 Å². The molecule has 0 spiro atoms. The van der Waals surface area contributed by atoms with E-state index in [9.17, 15) is 4.39 Å². The average Bonchev–Trinajstić information content (AvgIpc) is 2.09. The third-order valence-corrected chi connectivity index (χ3v) is 1.60. The summed E-state index contributed by atoms with van der Waals surface area (Å²) in [4.78, 5) is 3.65. The summed E-state index contributed by atoms with van der Waals surface area (Å²) in [5, 5.41) is 8.28. The molecule has 3 heteroatoms. The Kier molecular flexibility index (Phi) is 3.15. The number of allylic oxidation sites excluding steroid dienone is 1. The summed E-state index contributed by atoms with van der Waals surface area (Å²) in [6.45, 7) is 1.73. The quantitative estimate of drug-likeness (QED) is 0.649. The van der Waals surface area contributed by atoms with Crippen molar-refractivity contribution in [1.29, 1.82) is 5.26 Å². The van der Waals surface area contributed by atoms with Crippen LogP contribution in [0.25, 0.3) is 6.08 Å². The summed E-state index contributed by atoms with van der Waals surface area (Å²) in [5.41, 5.74) is 1.48. The minimum Gasteiger partial charge on any atom is -0.225 e. The fourth-order valence-electron chi connectivity index (χ4n) is 0.956. The largest absolute Gasteiger partial charge is 0.225 e. The van der Waals surface area contributed by atoms with Crippen LogP contribution < -0.4 is 0 Å². The predicted molar refractivity (Wildman–Crippen MR) is 48.2 cm³/mol. The van der Waals surface area contributed by atoms with Crippen LogP contribution in [0.3, 0.4) is 0 Å². The molecule has 13 heavy (non-hydrogen) atoms. The highest BCUT2D eigenvalue weighted by molar-refractivity contribution is 5.51. The fraction of sp³-hybridized carbons (Fsp3) is 0.200. The summed E-state index contributed by atoms with van der Waals surface area (Å²) in [6, 6.07) is 4.94. The topological polar surface area (TPSA) is 36.7 Å². The average molecular weight is 176 g/mol. The van der Waals surface area contributed by atoms with Gasteiger partial charge in [0.25, 0.3) is 0 Å². The monoisotopic (exact) mass is 176 g/mol. The highest BCUT2D eigenvalue weighted by Gasteiger charge is 1.96. The molecule has 0 bridgehead atoms. The zero-order valence-electron chi connectivity index (χ0n) is 7.29. The smallest absolute Gasteiger partial charge is 0.213 e. The lowest BCUT2D eigenvalue weighted by Crippen LogP contribution is -1.89. The van der Waals surface area contributed by atoms with Crippen molar-refractivity contribution < 1.29 is 4.39 Å². The van der Waals surface area contributed by atoms with E-state index in [1.54, 1.807) is 25.1 Å². The van der Waals surface area contributed by atoms with E-state index in [0.29, 0.717) is 12.1 Å². The van der Waals surface area contributed by atoms with Gasteiger partial charge < -0.3 is 0 Å². The maximum Gasteiger partial charge on any atom is 0.213 e. The zero-order valence-corrected chi connectivity index (χ0v) is 7.29. The fourth-order valence-corrected chi connectivity index (χ4v) is 0.956. The molecule has 0 aliphatic rings. The van der Waals surface area contributed by atoms with Gasteiger partial charge in [-0.15, -0.1) is 0 Å². The maximum atomic E-state index is 12.5. The van der Waals surface area contributed by atoms with E-state index in [0.717, 1.165) is 5.56 Å². The number of nitrogens with zero attached hydrogens (tertiary/aromatic N) is 2. The Hall–Kier alpha value is -1.69. The van der Waals surface area contributed by atoms with Crippen molar-refractivity contribution in [3.8, 4) is 6.07 Å². The lowest BCUT2D eigenvalue weighted by molar-refractivity contribution is 0.580. The van der Waals surface area contributed by atoms with E-state index in [1.165, 1.54) is 6.07 Å². The molecule has 1 aromatic heterocycles. The molecular formula is C10H9FN2. The van der Waals surface area contributed by atoms with Gasteiger partial charge in [0.05, 0.1) is 12.5 Å². The summed E-state index contributed by atoms with van der Waals surface area (Å²) >= 11 is 0. The van der Waals surface area contributed by atoms with Gasteiger partial charge in [-0.1, -0.05) is 12.2 Å². The zero-order chi connectivity index (χ0) is 9.68. The number of rotatable bonds is 2. The number of hydrogen-bond donors (Lipinski definition) is 0. The van der Waals surface area contributed by atoms with E-state index >= 15 is 0 Å². The van der Waals surface area contributed by atoms with Gasteiger partial charge in [0.2, 0.25) is 5.95 Å². The minimum atomic E-state index is -0.477. The molecule has 0 aliphatic carbocycles. The van der Waals surface area contributed by atoms with E-state index in [4.69, 9.17) is 5.26 Å². The number of halogens is 1. The SMILES string of the molecule is Cc1nc(F)ccc1C=CCC#N. The van der Waals surface area contributed by atoms with Crippen molar-refractivity contribution >= 4 is 6.08 Å². The third kappa shape index (κ3) is 2.68. The summed E-state index contributed by atoms with van der Waals surface area (Å²) in [5.74, 6) is -0.477. The molecule has 2 nitrogen and oxygen atoms in total. The third-order valence-electron chi connectivity index (χ3n) is 1.60. The molecule has 1 rings (SSSR count). The maximum absolute atomic E-state index is 12.5. The molecular weight excluding hydrogens is 167 g/mol. The van der Waals surface area contributed by atoms with Crippen LogP contribution in [0, 0.1) is 24.2 Å². The number of aromatic nitrogens is 1. The van der Waals surface area contributed by atoms with Crippen LogP contribution in [-0.4, -0.2) is 4.98 Å². The van der Waals surface area contributed by atoms with Gasteiger partial charge in [0.15, 0.2) is 0 Å². The number of nitriles is 1. The summed E-state index contributed by atoms with van der Waals surface area (Å²) in [7, 11) is 0. The normalized spacial score (nSPS) is 10.2. The molecule has 0 unspecified atom stereocenters. The Morgan fingerprint density at radius 1 is 1.62 bits per heavy atom. The van der Waals surface area contributed by atoms with Crippen molar-refractivity contribution in [1.82, 2.24) is 4.98 Å². The van der Waals surface area contributed by atoms with Crippen LogP contribution in [0.15, 0.2) is 18.2 Å². The van der Waals surface area contributed by atoms with Crippen LogP contribution in [0.5, 0.6) is 0 Å². The molecule has 0 aliphatic heterocycles. The van der Waals surface area contributed by atoms with Crippen molar-refractivity contribution in [3.05, 3.63) is 35.4 Å². The first-order chi connectivity index (χ1) is 6.24. The van der Waals surface area contributed by atoms with Crippen molar-refractivity contribution in [3.63, 3.8) is 0 Å². The molecule has 0 radical (unpaired) electrons. The van der Waals surface area contributed by atoms with Crippen molar-refractivity contribution in [2.75, 3.05) is 0 Å². The number of hydrogen-bond acceptors (Lipinski definition) is 2. The molecule has 0 saturated heterocycles. The highest BCUT2D eigenvalue weighted by atomic mass is 19.1. The standard InChI is InChI=1S/C10H9FN2/c1-8-9(4-2-3-7-12)5-6-10(11)13-8/h2,4-6H,3H2,1H3. The first-order valence-corrected chi connectivity index (χ1v) is 3.90. The summed E-state index contributed by atoms with van der Waals surface area (Å²) in [6.07, 6.45) is 3.85. The Morgan fingerprint density at radius 2 is 2.38 bits per heavy atom. The van der Waals surface area contributed by atoms with Gasteiger partial charge in [-0.05, 0) is 24.6 Å². The van der Waals surface area contributed by atoms with Crippen LogP contribution in [-0.2, 0) is 0 Å². The predicted octanol–water partition coefficient (Wildman–Crippen LogP) is 2.46. The highest BCUT2D eigenvalue weighted by Crippen LogP contribution is 2.08. The van der Waals surface area contributed by atoms with Crippen LogP contribution >= 0.6 is 0 Å². The first-order valence-electron chi connectivity index (χ1n) is 3.90. The number of pyridine rings is 1. The van der Waals surface area contributed by atoms with Gasteiger partial charge in [-0.2, -0.15) is 9.65 Å². The van der Waals surface area contributed by atoms with Gasteiger partial charge in [-0.3, -0.25) is 0 Å². The second-order valence-electron chi connectivity index (χ2n) is 2.57. The second-order valence-corrected chi connectivity index (χ2v) is 2.57. The van der Waals surface area contributed by atoms with Crippen molar-refractivity contribution in [2.45, 2.75) is 13.3 Å². The van der Waals surface area contributed by atoms with Crippen LogP contribution in [0.2, 0.25) is 0 Å². The molecule has 1 heterocycles. The summed E-state index contributed by atoms with van der Waals surface area (Å²) < 4.78 is 12.5. The lowest BCUT2D eigenvalue weighted by atomic mass is 10.2. The van der Waals surface area contributed by atoms with E-state index in [2.05, 4.69) is 4.98 Å². The van der Waals surface area contributed by atoms with Crippen molar-refractivity contribution in [2.24, 2.45) is 0 Å². The van der Waals surface area contributed by atoms with Crippen LogP contribution in [0.4, 0.5) is 4.39 Å². The minimum absolute atomic E-state index is 0.358. The molecule has 0 aromatic carbocycles. The molecule has 0 N–H and O–H groups in total. The Bertz CT molecular complexity index is 364. The van der Waals surface area contributed by atoms with E-state index in [1.807, 2.05) is 6.07 Å². The van der Waals surface area contributed by atoms with Crippen LogP contribution in [0.1, 0.15) is 17.7 Å². The molecule has 1 aromatic rings. The van der Waals surface area contributed by atoms with Gasteiger partial charge >= 0.3 is 0 Å². The molecule has 0 atom stereocenters. The molecule has 0 amide bonds. The van der Waals surface area contributed by atoms with Gasteiger partial charge in [0, 0.05) is 5.69 Å².